The van der Waals surface area contributed by atoms with Crippen molar-refractivity contribution in [2.45, 2.75) is 6.54 Å². The number of non-ortho nitro benzene ring substituents is 1. The van der Waals surface area contributed by atoms with Gasteiger partial charge >= 0.3 is 0 Å². The summed E-state index contributed by atoms with van der Waals surface area (Å²) in [5, 5.41) is 15.1. The highest BCUT2D eigenvalue weighted by Crippen LogP contribution is 2.29. The Labute approximate surface area is 115 Å². The molecule has 0 bridgehead atoms. The molecular weight excluding hydrogens is 268 g/mol. The molecule has 1 aromatic heterocycles. The predicted octanol–water partition coefficient (Wildman–Crippen LogP) is 2.62. The molecule has 0 aliphatic rings. The van der Waals surface area contributed by atoms with Gasteiger partial charge in [-0.15, -0.1) is 0 Å². The van der Waals surface area contributed by atoms with Crippen LogP contribution in [0.3, 0.4) is 0 Å². The van der Waals surface area contributed by atoms with Gasteiger partial charge in [-0.05, 0) is 6.07 Å². The lowest BCUT2D eigenvalue weighted by Gasteiger charge is -2.19. The van der Waals surface area contributed by atoms with Crippen LogP contribution in [0.5, 0.6) is 0 Å². The van der Waals surface area contributed by atoms with E-state index in [9.17, 15) is 10.1 Å². The van der Waals surface area contributed by atoms with Crippen LogP contribution < -0.4 is 4.90 Å². The number of aryl methyl sites for hydroxylation is 1. The van der Waals surface area contributed by atoms with E-state index in [1.54, 1.807) is 16.9 Å². The first-order valence-corrected chi connectivity index (χ1v) is 5.98. The summed E-state index contributed by atoms with van der Waals surface area (Å²) in [6.45, 7) is 0.630. The number of aromatic nitrogens is 2. The van der Waals surface area contributed by atoms with Crippen molar-refractivity contribution in [1.29, 1.82) is 0 Å². The third-order valence-corrected chi connectivity index (χ3v) is 3.03. The van der Waals surface area contributed by atoms with Gasteiger partial charge in [0.15, 0.2) is 0 Å². The number of rotatable bonds is 4. The SMILES string of the molecule is CN(Cc1cnn(C)c1)c1ccc([N+](=O)[O-])cc1Cl. The van der Waals surface area contributed by atoms with E-state index >= 15 is 0 Å². The van der Waals surface area contributed by atoms with Gasteiger partial charge in [0.25, 0.3) is 5.69 Å². The van der Waals surface area contributed by atoms with E-state index in [4.69, 9.17) is 11.6 Å². The number of halogens is 1. The first-order valence-electron chi connectivity index (χ1n) is 5.60. The van der Waals surface area contributed by atoms with Gasteiger partial charge < -0.3 is 4.90 Å². The minimum absolute atomic E-state index is 0.0106. The zero-order chi connectivity index (χ0) is 14.0. The molecule has 1 aromatic carbocycles. The molecule has 0 unspecified atom stereocenters. The molecule has 0 saturated carbocycles. The van der Waals surface area contributed by atoms with E-state index in [2.05, 4.69) is 5.10 Å². The Morgan fingerprint density at radius 1 is 1.53 bits per heavy atom. The monoisotopic (exact) mass is 280 g/mol. The molecule has 0 saturated heterocycles. The Bertz CT molecular complexity index is 612. The van der Waals surface area contributed by atoms with E-state index in [-0.39, 0.29) is 5.69 Å². The second-order valence-electron chi connectivity index (χ2n) is 4.27. The minimum Gasteiger partial charge on any atom is -0.369 e. The molecule has 0 fully saturated rings. The van der Waals surface area contributed by atoms with Crippen LogP contribution in [-0.2, 0) is 13.6 Å². The number of anilines is 1. The molecule has 1 heterocycles. The largest absolute Gasteiger partial charge is 0.369 e. The van der Waals surface area contributed by atoms with Crippen molar-refractivity contribution in [3.63, 3.8) is 0 Å². The lowest BCUT2D eigenvalue weighted by atomic mass is 10.2. The molecule has 0 spiro atoms. The summed E-state index contributed by atoms with van der Waals surface area (Å²) in [5.41, 5.74) is 1.78. The van der Waals surface area contributed by atoms with E-state index < -0.39 is 4.92 Å². The average molecular weight is 281 g/mol. The van der Waals surface area contributed by atoms with Gasteiger partial charge in [-0.3, -0.25) is 14.8 Å². The molecule has 0 N–H and O–H groups in total. The third-order valence-electron chi connectivity index (χ3n) is 2.73. The highest BCUT2D eigenvalue weighted by atomic mass is 35.5. The summed E-state index contributed by atoms with van der Waals surface area (Å²) in [6.07, 6.45) is 3.69. The molecule has 2 rings (SSSR count). The Hall–Kier alpha value is -2.08. The van der Waals surface area contributed by atoms with Crippen molar-refractivity contribution in [2.75, 3.05) is 11.9 Å². The average Bonchev–Trinajstić information content (AvgIpc) is 2.74. The van der Waals surface area contributed by atoms with E-state index in [1.807, 2.05) is 25.2 Å². The van der Waals surface area contributed by atoms with Crippen LogP contribution in [0.1, 0.15) is 5.56 Å². The first-order chi connectivity index (χ1) is 8.97. The minimum atomic E-state index is -0.462. The Morgan fingerprint density at radius 3 is 2.79 bits per heavy atom. The summed E-state index contributed by atoms with van der Waals surface area (Å²) in [6, 6.07) is 4.45. The summed E-state index contributed by atoms with van der Waals surface area (Å²) in [4.78, 5) is 12.1. The fraction of sp³-hybridized carbons (Fsp3) is 0.250. The van der Waals surface area contributed by atoms with Crippen LogP contribution in [0.4, 0.5) is 11.4 Å². The van der Waals surface area contributed by atoms with Crippen LogP contribution in [0, 0.1) is 10.1 Å². The van der Waals surface area contributed by atoms with Crippen molar-refractivity contribution >= 4 is 23.0 Å². The van der Waals surface area contributed by atoms with Crippen molar-refractivity contribution in [1.82, 2.24) is 9.78 Å². The molecule has 19 heavy (non-hydrogen) atoms. The highest BCUT2D eigenvalue weighted by molar-refractivity contribution is 6.33. The molecule has 6 nitrogen and oxygen atoms in total. The lowest BCUT2D eigenvalue weighted by Crippen LogP contribution is -2.16. The molecular formula is C12H13ClN4O2. The lowest BCUT2D eigenvalue weighted by molar-refractivity contribution is -0.384. The zero-order valence-electron chi connectivity index (χ0n) is 10.6. The number of nitro groups is 1. The second kappa shape index (κ2) is 5.27. The molecule has 0 atom stereocenters. The normalized spacial score (nSPS) is 10.5. The van der Waals surface area contributed by atoms with E-state index in [0.717, 1.165) is 11.3 Å². The van der Waals surface area contributed by atoms with Crippen LogP contribution in [0.25, 0.3) is 0 Å². The predicted molar refractivity (Wildman–Crippen MR) is 73.4 cm³/mol. The van der Waals surface area contributed by atoms with Gasteiger partial charge in [0.2, 0.25) is 0 Å². The van der Waals surface area contributed by atoms with Crippen LogP contribution in [-0.4, -0.2) is 21.8 Å². The number of nitro benzene ring substituents is 1. The van der Waals surface area contributed by atoms with Crippen molar-refractivity contribution < 1.29 is 4.92 Å². The summed E-state index contributed by atoms with van der Waals surface area (Å²) in [7, 11) is 3.72. The smallest absolute Gasteiger partial charge is 0.271 e. The van der Waals surface area contributed by atoms with E-state index in [0.29, 0.717) is 11.6 Å². The van der Waals surface area contributed by atoms with Gasteiger partial charge in [0, 0.05) is 44.5 Å². The fourth-order valence-corrected chi connectivity index (χ4v) is 2.15. The van der Waals surface area contributed by atoms with Crippen LogP contribution in [0.2, 0.25) is 5.02 Å². The molecule has 0 aliphatic heterocycles. The van der Waals surface area contributed by atoms with Crippen LogP contribution >= 0.6 is 11.6 Å². The molecule has 2 aromatic rings. The summed E-state index contributed by atoms with van der Waals surface area (Å²) < 4.78 is 1.72. The van der Waals surface area contributed by atoms with E-state index in [1.165, 1.54) is 12.1 Å². The number of hydrogen-bond acceptors (Lipinski definition) is 4. The standard InChI is InChI=1S/C12H13ClN4O2/c1-15(7-9-6-14-16(2)8-9)12-4-3-10(17(18)19)5-11(12)13/h3-6,8H,7H2,1-2H3. The quantitative estimate of drug-likeness (QED) is 0.638. The van der Waals surface area contributed by atoms with Crippen molar-refractivity contribution in [3.8, 4) is 0 Å². The molecule has 0 amide bonds. The first kappa shape index (κ1) is 13.4. The maximum absolute atomic E-state index is 10.7. The van der Waals surface area contributed by atoms with Crippen molar-refractivity contribution in [3.05, 3.63) is 51.3 Å². The number of benzene rings is 1. The van der Waals surface area contributed by atoms with Gasteiger partial charge in [0.1, 0.15) is 0 Å². The van der Waals surface area contributed by atoms with Gasteiger partial charge in [-0.25, -0.2) is 0 Å². The summed E-state index contributed by atoms with van der Waals surface area (Å²) >= 11 is 6.07. The highest BCUT2D eigenvalue weighted by Gasteiger charge is 2.12. The topological polar surface area (TPSA) is 64.2 Å². The fourth-order valence-electron chi connectivity index (χ4n) is 1.83. The Morgan fingerprint density at radius 2 is 2.26 bits per heavy atom. The molecule has 100 valence electrons. The maximum Gasteiger partial charge on any atom is 0.271 e. The van der Waals surface area contributed by atoms with Gasteiger partial charge in [-0.1, -0.05) is 11.6 Å². The van der Waals surface area contributed by atoms with Crippen molar-refractivity contribution in [2.24, 2.45) is 7.05 Å². The van der Waals surface area contributed by atoms with Gasteiger partial charge in [0.05, 0.1) is 21.8 Å². The molecule has 0 radical (unpaired) electrons. The molecule has 0 aliphatic carbocycles. The summed E-state index contributed by atoms with van der Waals surface area (Å²) in [5.74, 6) is 0. The number of nitrogens with zero attached hydrogens (tertiary/aromatic N) is 4. The Balaban J connectivity index is 2.19. The third kappa shape index (κ3) is 3.03. The van der Waals surface area contributed by atoms with Gasteiger partial charge in [-0.2, -0.15) is 5.10 Å². The number of hydrogen-bond donors (Lipinski definition) is 0. The maximum atomic E-state index is 10.7. The molecule has 7 heteroatoms. The van der Waals surface area contributed by atoms with Crippen LogP contribution in [0.15, 0.2) is 30.6 Å². The zero-order valence-corrected chi connectivity index (χ0v) is 11.3. The second-order valence-corrected chi connectivity index (χ2v) is 4.68. The Kier molecular flexibility index (Phi) is 3.71.